The third-order valence-electron chi connectivity index (χ3n) is 4.15. The van der Waals surface area contributed by atoms with Crippen LogP contribution in [0.15, 0.2) is 59.5 Å². The molecule has 0 saturated carbocycles. The minimum atomic E-state index is -3.81. The zero-order valence-electron chi connectivity index (χ0n) is 13.7. The van der Waals surface area contributed by atoms with Crippen LogP contribution in [-0.4, -0.2) is 50.9 Å². The molecule has 3 rings (SSSR count). The van der Waals surface area contributed by atoms with Gasteiger partial charge in [-0.1, -0.05) is 42.5 Å². The van der Waals surface area contributed by atoms with Gasteiger partial charge in [0, 0.05) is 30.8 Å². The molecule has 7 heteroatoms. The molecule has 0 amide bonds. The highest BCUT2D eigenvalue weighted by atomic mass is 32.2. The summed E-state index contributed by atoms with van der Waals surface area (Å²) in [5, 5.41) is 0. The van der Waals surface area contributed by atoms with Crippen LogP contribution in [0.1, 0.15) is 15.9 Å². The Balaban J connectivity index is 1.99. The molecule has 1 saturated heterocycles. The summed E-state index contributed by atoms with van der Waals surface area (Å²) in [6.45, 7) is 0.964. The number of benzene rings is 2. The van der Waals surface area contributed by atoms with Crippen LogP contribution < -0.4 is 5.73 Å². The summed E-state index contributed by atoms with van der Waals surface area (Å²) in [6, 6.07) is 14.9. The van der Waals surface area contributed by atoms with Crippen molar-refractivity contribution < 1.29 is 17.9 Å². The van der Waals surface area contributed by atoms with Crippen LogP contribution >= 0.6 is 0 Å². The SMILES string of the molecule is NCC1CN(S(=O)(=O)c2ccccc2C(=O)c2ccccc2)CCO1. The van der Waals surface area contributed by atoms with Crippen molar-refractivity contribution in [2.75, 3.05) is 26.2 Å². The molecule has 1 atom stereocenters. The second kappa shape index (κ2) is 7.45. The van der Waals surface area contributed by atoms with Crippen LogP contribution in [0, 0.1) is 0 Å². The van der Waals surface area contributed by atoms with Gasteiger partial charge in [0.2, 0.25) is 10.0 Å². The molecule has 1 aliphatic heterocycles. The van der Waals surface area contributed by atoms with Gasteiger partial charge in [0.25, 0.3) is 0 Å². The summed E-state index contributed by atoms with van der Waals surface area (Å²) in [7, 11) is -3.81. The Morgan fingerprint density at radius 3 is 2.52 bits per heavy atom. The van der Waals surface area contributed by atoms with E-state index >= 15 is 0 Å². The molecule has 1 aliphatic rings. The molecule has 2 N–H and O–H groups in total. The molecule has 1 heterocycles. The van der Waals surface area contributed by atoms with Gasteiger partial charge in [0.1, 0.15) is 0 Å². The first-order chi connectivity index (χ1) is 12.0. The smallest absolute Gasteiger partial charge is 0.243 e. The first-order valence-corrected chi connectivity index (χ1v) is 9.48. The van der Waals surface area contributed by atoms with Crippen molar-refractivity contribution in [3.63, 3.8) is 0 Å². The molecule has 1 fully saturated rings. The largest absolute Gasteiger partial charge is 0.374 e. The Morgan fingerprint density at radius 2 is 1.80 bits per heavy atom. The first-order valence-electron chi connectivity index (χ1n) is 8.04. The van der Waals surface area contributed by atoms with Crippen LogP contribution in [0.4, 0.5) is 0 Å². The fourth-order valence-corrected chi connectivity index (χ4v) is 4.46. The molecule has 0 aliphatic carbocycles. The van der Waals surface area contributed by atoms with Gasteiger partial charge in [-0.05, 0) is 12.1 Å². The second-order valence-corrected chi connectivity index (χ2v) is 7.69. The number of carbonyl (C=O) groups excluding carboxylic acids is 1. The van der Waals surface area contributed by atoms with Gasteiger partial charge in [-0.3, -0.25) is 4.79 Å². The van der Waals surface area contributed by atoms with E-state index < -0.39 is 10.0 Å². The van der Waals surface area contributed by atoms with Crippen molar-refractivity contribution >= 4 is 15.8 Å². The fourth-order valence-electron chi connectivity index (χ4n) is 2.82. The Bertz CT molecular complexity index is 852. The maximum Gasteiger partial charge on any atom is 0.243 e. The molecule has 2 aromatic carbocycles. The van der Waals surface area contributed by atoms with Gasteiger partial charge in [-0.25, -0.2) is 8.42 Å². The van der Waals surface area contributed by atoms with Gasteiger partial charge in [-0.15, -0.1) is 0 Å². The normalized spacial score (nSPS) is 18.8. The van der Waals surface area contributed by atoms with Crippen molar-refractivity contribution in [2.45, 2.75) is 11.0 Å². The number of nitrogens with zero attached hydrogens (tertiary/aromatic N) is 1. The van der Waals surface area contributed by atoms with Gasteiger partial charge in [0.15, 0.2) is 5.78 Å². The van der Waals surface area contributed by atoms with E-state index in [9.17, 15) is 13.2 Å². The summed E-state index contributed by atoms with van der Waals surface area (Å²) in [5.41, 5.74) is 6.22. The summed E-state index contributed by atoms with van der Waals surface area (Å²) < 4.78 is 32.9. The zero-order chi connectivity index (χ0) is 17.9. The van der Waals surface area contributed by atoms with Crippen LogP contribution in [-0.2, 0) is 14.8 Å². The molecule has 1 unspecified atom stereocenters. The number of ether oxygens (including phenoxy) is 1. The number of sulfonamides is 1. The average molecular weight is 360 g/mol. The zero-order valence-corrected chi connectivity index (χ0v) is 14.5. The fraction of sp³-hybridized carbons (Fsp3) is 0.278. The minimum absolute atomic E-state index is 0.0153. The Hall–Kier alpha value is -2.06. The van der Waals surface area contributed by atoms with E-state index in [1.54, 1.807) is 48.5 Å². The maximum absolute atomic E-state index is 13.1. The van der Waals surface area contributed by atoms with Crippen molar-refractivity contribution in [3.05, 3.63) is 65.7 Å². The summed E-state index contributed by atoms with van der Waals surface area (Å²) >= 11 is 0. The standard InChI is InChI=1S/C18H20N2O4S/c19-12-15-13-20(10-11-24-15)25(22,23)17-9-5-4-8-16(17)18(21)14-6-2-1-3-7-14/h1-9,15H,10-13,19H2. The Kier molecular flexibility index (Phi) is 5.29. The molecule has 0 spiro atoms. The molecule has 132 valence electrons. The lowest BCUT2D eigenvalue weighted by atomic mass is 10.0. The quantitative estimate of drug-likeness (QED) is 0.811. The predicted molar refractivity (Wildman–Crippen MR) is 93.9 cm³/mol. The van der Waals surface area contributed by atoms with Gasteiger partial charge >= 0.3 is 0 Å². The van der Waals surface area contributed by atoms with Crippen LogP contribution in [0.2, 0.25) is 0 Å². The third-order valence-corrected chi connectivity index (χ3v) is 6.07. The number of hydrogen-bond donors (Lipinski definition) is 1. The number of morpholine rings is 1. The van der Waals surface area contributed by atoms with E-state index in [-0.39, 0.29) is 48.6 Å². The predicted octanol–water partition coefficient (Wildman–Crippen LogP) is 1.27. The Labute approximate surface area is 147 Å². The van der Waals surface area contributed by atoms with Gasteiger partial charge in [-0.2, -0.15) is 4.31 Å². The van der Waals surface area contributed by atoms with Gasteiger partial charge < -0.3 is 10.5 Å². The molecule has 2 aromatic rings. The molecule has 6 nitrogen and oxygen atoms in total. The van der Waals surface area contributed by atoms with Crippen LogP contribution in [0.3, 0.4) is 0 Å². The van der Waals surface area contributed by atoms with Crippen LogP contribution in [0.5, 0.6) is 0 Å². The van der Waals surface area contributed by atoms with E-state index in [4.69, 9.17) is 10.5 Å². The number of rotatable bonds is 5. The first kappa shape index (κ1) is 17.8. The van der Waals surface area contributed by atoms with Crippen molar-refractivity contribution in [2.24, 2.45) is 5.73 Å². The molecule has 25 heavy (non-hydrogen) atoms. The third kappa shape index (κ3) is 3.64. The van der Waals surface area contributed by atoms with E-state index in [1.807, 2.05) is 0 Å². The lowest BCUT2D eigenvalue weighted by Gasteiger charge is -2.31. The van der Waals surface area contributed by atoms with Crippen molar-refractivity contribution in [3.8, 4) is 0 Å². The molecule has 0 aromatic heterocycles. The van der Waals surface area contributed by atoms with E-state index in [2.05, 4.69) is 0 Å². The number of carbonyl (C=O) groups is 1. The molecular formula is C18H20N2O4S. The monoisotopic (exact) mass is 360 g/mol. The molecule has 0 radical (unpaired) electrons. The Morgan fingerprint density at radius 1 is 1.12 bits per heavy atom. The molecule has 0 bridgehead atoms. The second-order valence-electron chi connectivity index (χ2n) is 5.78. The topological polar surface area (TPSA) is 89.7 Å². The van der Waals surface area contributed by atoms with E-state index in [0.29, 0.717) is 5.56 Å². The van der Waals surface area contributed by atoms with E-state index in [1.165, 1.54) is 10.4 Å². The van der Waals surface area contributed by atoms with Crippen molar-refractivity contribution in [1.82, 2.24) is 4.31 Å². The number of nitrogens with two attached hydrogens (primary N) is 1. The minimum Gasteiger partial charge on any atom is -0.374 e. The number of hydrogen-bond acceptors (Lipinski definition) is 5. The molecular weight excluding hydrogens is 340 g/mol. The lowest BCUT2D eigenvalue weighted by molar-refractivity contribution is 0.00450. The highest BCUT2D eigenvalue weighted by Crippen LogP contribution is 2.24. The highest BCUT2D eigenvalue weighted by Gasteiger charge is 2.33. The summed E-state index contributed by atoms with van der Waals surface area (Å²) in [4.78, 5) is 12.8. The van der Waals surface area contributed by atoms with Crippen molar-refractivity contribution in [1.29, 1.82) is 0 Å². The highest BCUT2D eigenvalue weighted by molar-refractivity contribution is 7.89. The van der Waals surface area contributed by atoms with Gasteiger partial charge in [0.05, 0.1) is 17.6 Å². The van der Waals surface area contributed by atoms with E-state index in [0.717, 1.165) is 0 Å². The average Bonchev–Trinajstić information content (AvgIpc) is 2.68. The maximum atomic E-state index is 13.1. The summed E-state index contributed by atoms with van der Waals surface area (Å²) in [5.74, 6) is -0.316. The lowest BCUT2D eigenvalue weighted by Crippen LogP contribution is -2.48. The number of ketones is 1. The summed E-state index contributed by atoms with van der Waals surface area (Å²) in [6.07, 6.45) is -0.333. The van der Waals surface area contributed by atoms with Crippen LogP contribution in [0.25, 0.3) is 0 Å².